The number of nitrogens with zero attached hydrogens (tertiary/aromatic N) is 1. The van der Waals surface area contributed by atoms with Crippen molar-refractivity contribution in [2.75, 3.05) is 32.0 Å². The van der Waals surface area contributed by atoms with E-state index in [1.807, 2.05) is 31.2 Å². The minimum absolute atomic E-state index is 0.0743. The van der Waals surface area contributed by atoms with Gasteiger partial charge < -0.3 is 15.1 Å². The van der Waals surface area contributed by atoms with E-state index in [1.54, 1.807) is 11.9 Å². The smallest absolute Gasteiger partial charge is 0.277 e. The van der Waals surface area contributed by atoms with Gasteiger partial charge in [-0.3, -0.25) is 9.59 Å². The van der Waals surface area contributed by atoms with E-state index < -0.39 is 0 Å². The van der Waals surface area contributed by atoms with E-state index >= 15 is 0 Å². The highest BCUT2D eigenvalue weighted by molar-refractivity contribution is 5.94. The Balaban J connectivity index is 1.49. The highest BCUT2D eigenvalue weighted by atomic mass is 16.2. The van der Waals surface area contributed by atoms with Gasteiger partial charge in [-0.25, -0.2) is 0 Å². The van der Waals surface area contributed by atoms with Crippen molar-refractivity contribution >= 4 is 17.5 Å². The fourth-order valence-corrected chi connectivity index (χ4v) is 4.56. The van der Waals surface area contributed by atoms with Gasteiger partial charge in [0, 0.05) is 18.7 Å². The lowest BCUT2D eigenvalue weighted by atomic mass is 9.78. The first-order valence-electron chi connectivity index (χ1n) is 9.98. The Labute approximate surface area is 156 Å². The summed E-state index contributed by atoms with van der Waals surface area (Å²) in [5, 5.41) is 2.86. The zero-order valence-corrected chi connectivity index (χ0v) is 16.1. The zero-order valence-electron chi connectivity index (χ0n) is 16.1. The largest absolute Gasteiger partial charge is 0.332 e. The molecule has 3 atom stereocenters. The van der Waals surface area contributed by atoms with Gasteiger partial charge in [0.2, 0.25) is 5.91 Å². The van der Waals surface area contributed by atoms with Crippen molar-refractivity contribution in [3.05, 3.63) is 29.8 Å². The fourth-order valence-electron chi connectivity index (χ4n) is 4.56. The molecule has 1 aromatic carbocycles. The summed E-state index contributed by atoms with van der Waals surface area (Å²) in [7, 11) is 1.73. The molecule has 1 saturated heterocycles. The van der Waals surface area contributed by atoms with Crippen LogP contribution in [0.1, 0.15) is 44.1 Å². The topological polar surface area (TPSA) is 53.9 Å². The molecular weight excluding hydrogens is 326 g/mol. The van der Waals surface area contributed by atoms with E-state index in [4.69, 9.17) is 0 Å². The van der Waals surface area contributed by atoms with Crippen LogP contribution in [0, 0.1) is 12.8 Å². The summed E-state index contributed by atoms with van der Waals surface area (Å²) in [6, 6.07) is 8.35. The van der Waals surface area contributed by atoms with Crippen molar-refractivity contribution in [3.63, 3.8) is 0 Å². The second kappa shape index (κ2) is 8.67. The third-order valence-electron chi connectivity index (χ3n) is 6.03. The first-order chi connectivity index (χ1) is 12.5. The Morgan fingerprint density at radius 1 is 1.12 bits per heavy atom. The number of piperidine rings is 1. The van der Waals surface area contributed by atoms with Crippen LogP contribution in [0.2, 0.25) is 0 Å². The number of likely N-dealkylation sites (N-methyl/N-ethyl adjacent to an activating group) is 1. The standard InChI is InChI=1S/C21H31N3O2/c1-16-9-11-18(12-10-16)22-20(25)14-23(2)21(26)15-24-13-5-7-17-6-3-4-8-19(17)24/h9-12,17,19H,3-8,13-15H2,1-2H3,(H,22,25)/p+1/t17-,19-/m0/s1. The number of fused-ring (bicyclic) bond motifs is 1. The Morgan fingerprint density at radius 3 is 2.58 bits per heavy atom. The van der Waals surface area contributed by atoms with Crippen LogP contribution < -0.4 is 10.2 Å². The third-order valence-corrected chi connectivity index (χ3v) is 6.03. The van der Waals surface area contributed by atoms with Gasteiger partial charge in [0.25, 0.3) is 5.91 Å². The minimum Gasteiger partial charge on any atom is -0.332 e. The van der Waals surface area contributed by atoms with E-state index in [2.05, 4.69) is 5.32 Å². The number of rotatable bonds is 5. The van der Waals surface area contributed by atoms with Crippen molar-refractivity contribution in [3.8, 4) is 0 Å². The SMILES string of the molecule is Cc1ccc(NC(=O)CN(C)C(=O)C[NH+]2CCC[C@@H]3CCCC[C@@H]32)cc1. The van der Waals surface area contributed by atoms with Crippen LogP contribution in [-0.2, 0) is 9.59 Å². The van der Waals surface area contributed by atoms with Crippen LogP contribution in [0.3, 0.4) is 0 Å². The first-order valence-corrected chi connectivity index (χ1v) is 9.98. The minimum atomic E-state index is -0.145. The Hall–Kier alpha value is -1.88. The van der Waals surface area contributed by atoms with Crippen LogP contribution in [0.15, 0.2) is 24.3 Å². The van der Waals surface area contributed by atoms with Crippen molar-refractivity contribution < 1.29 is 14.5 Å². The van der Waals surface area contributed by atoms with Gasteiger partial charge in [0.15, 0.2) is 6.54 Å². The summed E-state index contributed by atoms with van der Waals surface area (Å²) in [5.41, 5.74) is 1.92. The van der Waals surface area contributed by atoms with Crippen molar-refractivity contribution in [1.29, 1.82) is 0 Å². The number of quaternary nitrogens is 1. The second-order valence-corrected chi connectivity index (χ2v) is 8.04. The van der Waals surface area contributed by atoms with Gasteiger partial charge in [-0.05, 0) is 51.2 Å². The maximum atomic E-state index is 12.6. The molecule has 2 amide bonds. The summed E-state index contributed by atoms with van der Waals surface area (Å²) >= 11 is 0. The number of benzene rings is 1. The lowest BCUT2D eigenvalue weighted by molar-refractivity contribution is -0.929. The van der Waals surface area contributed by atoms with E-state index in [-0.39, 0.29) is 18.4 Å². The van der Waals surface area contributed by atoms with E-state index in [0.29, 0.717) is 12.6 Å². The molecule has 1 aliphatic heterocycles. The van der Waals surface area contributed by atoms with Crippen LogP contribution in [0.4, 0.5) is 5.69 Å². The molecule has 2 aliphatic rings. The lowest BCUT2D eigenvalue weighted by Crippen LogP contribution is -3.18. The first kappa shape index (κ1) is 18.9. The number of hydrogen-bond donors (Lipinski definition) is 2. The van der Waals surface area contributed by atoms with Crippen molar-refractivity contribution in [2.24, 2.45) is 5.92 Å². The van der Waals surface area contributed by atoms with Crippen LogP contribution in [0.5, 0.6) is 0 Å². The maximum absolute atomic E-state index is 12.6. The number of nitrogens with one attached hydrogen (secondary N) is 2. The summed E-state index contributed by atoms with van der Waals surface area (Å²) in [6.45, 7) is 3.73. The van der Waals surface area contributed by atoms with E-state index in [1.165, 1.54) is 43.4 Å². The Bertz CT molecular complexity index is 627. The Kier molecular flexibility index (Phi) is 6.30. The average Bonchev–Trinajstić information content (AvgIpc) is 2.64. The van der Waals surface area contributed by atoms with Crippen LogP contribution in [0.25, 0.3) is 0 Å². The van der Waals surface area contributed by atoms with Gasteiger partial charge in [-0.1, -0.05) is 24.1 Å². The summed E-state index contributed by atoms with van der Waals surface area (Å²) in [4.78, 5) is 27.9. The van der Waals surface area contributed by atoms with Gasteiger partial charge >= 0.3 is 0 Å². The molecule has 0 radical (unpaired) electrons. The number of hydrogen-bond acceptors (Lipinski definition) is 2. The van der Waals surface area contributed by atoms with E-state index in [9.17, 15) is 9.59 Å². The lowest BCUT2D eigenvalue weighted by Gasteiger charge is -2.41. The Morgan fingerprint density at radius 2 is 1.81 bits per heavy atom. The van der Waals surface area contributed by atoms with Gasteiger partial charge in [-0.2, -0.15) is 0 Å². The monoisotopic (exact) mass is 358 g/mol. The number of anilines is 1. The van der Waals surface area contributed by atoms with Crippen molar-refractivity contribution in [2.45, 2.75) is 51.5 Å². The van der Waals surface area contributed by atoms with Crippen LogP contribution >= 0.6 is 0 Å². The summed E-state index contributed by atoms with van der Waals surface area (Å²) in [5.74, 6) is 0.731. The summed E-state index contributed by atoms with van der Waals surface area (Å²) < 4.78 is 0. The molecule has 0 spiro atoms. The molecule has 3 rings (SSSR count). The predicted molar refractivity (Wildman–Crippen MR) is 103 cm³/mol. The maximum Gasteiger partial charge on any atom is 0.277 e. The molecule has 1 aromatic rings. The molecule has 142 valence electrons. The third kappa shape index (κ3) is 4.85. The number of carbonyl (C=O) groups is 2. The molecule has 1 aliphatic carbocycles. The molecule has 5 nitrogen and oxygen atoms in total. The van der Waals surface area contributed by atoms with Gasteiger partial charge in [-0.15, -0.1) is 0 Å². The fraction of sp³-hybridized carbons (Fsp3) is 0.619. The van der Waals surface area contributed by atoms with E-state index in [0.717, 1.165) is 23.7 Å². The molecule has 0 bridgehead atoms. The van der Waals surface area contributed by atoms with Crippen molar-refractivity contribution in [1.82, 2.24) is 4.90 Å². The molecule has 1 saturated carbocycles. The molecule has 1 heterocycles. The quantitative estimate of drug-likeness (QED) is 0.841. The van der Waals surface area contributed by atoms with Gasteiger partial charge in [0.05, 0.1) is 19.1 Å². The van der Waals surface area contributed by atoms with Crippen LogP contribution in [-0.4, -0.2) is 49.4 Å². The highest BCUT2D eigenvalue weighted by Crippen LogP contribution is 2.28. The molecule has 0 aromatic heterocycles. The summed E-state index contributed by atoms with van der Waals surface area (Å²) in [6.07, 6.45) is 7.79. The molecule has 1 unspecified atom stereocenters. The predicted octanol–water partition coefficient (Wildman–Crippen LogP) is 1.63. The molecule has 5 heteroatoms. The molecule has 2 N–H and O–H groups in total. The number of amides is 2. The molecule has 2 fully saturated rings. The molecular formula is C21H32N3O2+. The number of aryl methyl sites for hydroxylation is 1. The highest BCUT2D eigenvalue weighted by Gasteiger charge is 2.37. The van der Waals surface area contributed by atoms with Gasteiger partial charge in [0.1, 0.15) is 0 Å². The normalized spacial score (nSPS) is 25.2. The average molecular weight is 359 g/mol. The number of carbonyl (C=O) groups excluding carboxylic acids is 2. The molecule has 26 heavy (non-hydrogen) atoms. The second-order valence-electron chi connectivity index (χ2n) is 8.04. The zero-order chi connectivity index (χ0) is 18.5. The number of likely N-dealkylation sites (tertiary alicyclic amines) is 1.